The molecule has 2 aromatic carbocycles. The second kappa shape index (κ2) is 7.78. The summed E-state index contributed by atoms with van der Waals surface area (Å²) in [5.74, 6) is -1.11. The number of rotatable bonds is 6. The number of para-hydroxylation sites is 1. The van der Waals surface area contributed by atoms with Crippen LogP contribution in [0.15, 0.2) is 48.5 Å². The summed E-state index contributed by atoms with van der Waals surface area (Å²) in [5.41, 5.74) is -2.87. The molecule has 0 heterocycles. The van der Waals surface area contributed by atoms with Crippen LogP contribution >= 0.6 is 0 Å². The maximum atomic E-state index is 13.6. The zero-order valence-corrected chi connectivity index (χ0v) is 14.4. The monoisotopic (exact) mass is 367 g/mol. The Morgan fingerprint density at radius 2 is 1.73 bits per heavy atom. The number of carbonyl (C=O) groups excluding carboxylic acids is 1. The molecule has 0 aromatic heterocycles. The first-order chi connectivity index (χ1) is 12.2. The number of ether oxygens (including phenoxy) is 1. The first kappa shape index (κ1) is 19.8. The molecule has 2 aromatic rings. The van der Waals surface area contributed by atoms with E-state index in [9.17, 15) is 23.1 Å². The molecule has 0 aliphatic heterocycles. The number of carbonyl (C=O) groups is 1. The smallest absolute Gasteiger partial charge is 0.430 e. The molecule has 0 radical (unpaired) electrons. The number of halogens is 3. The first-order valence-electron chi connectivity index (χ1n) is 8.02. The van der Waals surface area contributed by atoms with Crippen molar-refractivity contribution in [3.63, 3.8) is 0 Å². The minimum atomic E-state index is -5.18. The summed E-state index contributed by atoms with van der Waals surface area (Å²) in [7, 11) is 1.42. The van der Waals surface area contributed by atoms with E-state index in [0.717, 1.165) is 17.7 Å². The Kier molecular flexibility index (Phi) is 5.92. The lowest BCUT2D eigenvalue weighted by atomic mass is 9.91. The highest BCUT2D eigenvalue weighted by Gasteiger charge is 2.60. The zero-order chi connectivity index (χ0) is 19.4. The number of hydrogen-bond donors (Lipinski definition) is 2. The van der Waals surface area contributed by atoms with Crippen LogP contribution in [0.2, 0.25) is 0 Å². The number of alkyl halides is 3. The van der Waals surface area contributed by atoms with Crippen molar-refractivity contribution in [3.05, 3.63) is 65.2 Å². The van der Waals surface area contributed by atoms with Crippen molar-refractivity contribution >= 4 is 5.91 Å². The van der Waals surface area contributed by atoms with Crippen molar-refractivity contribution in [2.24, 2.45) is 0 Å². The summed E-state index contributed by atoms with van der Waals surface area (Å²) in [4.78, 5) is 12.3. The molecule has 2 N–H and O–H groups in total. The third kappa shape index (κ3) is 3.83. The molecule has 4 nitrogen and oxygen atoms in total. The lowest BCUT2D eigenvalue weighted by Gasteiger charge is -2.29. The van der Waals surface area contributed by atoms with Crippen LogP contribution in [0.4, 0.5) is 13.2 Å². The van der Waals surface area contributed by atoms with Gasteiger partial charge in [-0.2, -0.15) is 13.2 Å². The number of aliphatic hydroxyl groups is 1. The summed E-state index contributed by atoms with van der Waals surface area (Å²) >= 11 is 0. The predicted octanol–water partition coefficient (Wildman–Crippen LogP) is 3.32. The second-order valence-electron chi connectivity index (χ2n) is 5.75. The average Bonchev–Trinajstić information content (AvgIpc) is 2.64. The van der Waals surface area contributed by atoms with E-state index in [2.05, 4.69) is 5.32 Å². The van der Waals surface area contributed by atoms with E-state index in [1.54, 1.807) is 24.3 Å². The van der Waals surface area contributed by atoms with Crippen molar-refractivity contribution in [2.45, 2.75) is 31.7 Å². The van der Waals surface area contributed by atoms with Gasteiger partial charge < -0.3 is 15.2 Å². The van der Waals surface area contributed by atoms with Crippen LogP contribution in [0, 0.1) is 0 Å². The Morgan fingerprint density at radius 1 is 1.12 bits per heavy atom. The summed E-state index contributed by atoms with van der Waals surface area (Å²) < 4.78 is 45.8. The van der Waals surface area contributed by atoms with E-state index in [4.69, 9.17) is 4.74 Å². The van der Waals surface area contributed by atoms with Crippen LogP contribution in [0.5, 0.6) is 5.75 Å². The van der Waals surface area contributed by atoms with E-state index in [-0.39, 0.29) is 6.54 Å². The van der Waals surface area contributed by atoms with E-state index >= 15 is 0 Å². The van der Waals surface area contributed by atoms with Crippen LogP contribution in [0.25, 0.3) is 0 Å². The van der Waals surface area contributed by atoms with Gasteiger partial charge in [0.2, 0.25) is 0 Å². The molecule has 0 fully saturated rings. The van der Waals surface area contributed by atoms with Crippen LogP contribution in [-0.4, -0.2) is 24.3 Å². The zero-order valence-electron chi connectivity index (χ0n) is 14.4. The Balaban J connectivity index is 2.29. The van der Waals surface area contributed by atoms with Crippen molar-refractivity contribution in [3.8, 4) is 5.75 Å². The molecule has 2 rings (SSSR count). The van der Waals surface area contributed by atoms with Gasteiger partial charge in [0.05, 0.1) is 7.11 Å². The van der Waals surface area contributed by atoms with Crippen LogP contribution < -0.4 is 10.1 Å². The molecule has 0 spiro atoms. The number of amides is 1. The third-order valence-electron chi connectivity index (χ3n) is 4.15. The van der Waals surface area contributed by atoms with Crippen molar-refractivity contribution in [1.29, 1.82) is 0 Å². The molecule has 0 saturated heterocycles. The molecule has 1 unspecified atom stereocenters. The van der Waals surface area contributed by atoms with E-state index in [1.807, 2.05) is 6.92 Å². The van der Waals surface area contributed by atoms with E-state index < -0.39 is 23.2 Å². The van der Waals surface area contributed by atoms with Crippen molar-refractivity contribution in [1.82, 2.24) is 5.32 Å². The van der Waals surface area contributed by atoms with Gasteiger partial charge in [-0.25, -0.2) is 0 Å². The van der Waals surface area contributed by atoms with Gasteiger partial charge >= 0.3 is 6.18 Å². The number of hydrogen-bond acceptors (Lipinski definition) is 3. The molecule has 0 aliphatic rings. The third-order valence-corrected chi connectivity index (χ3v) is 4.15. The van der Waals surface area contributed by atoms with Gasteiger partial charge in [-0.3, -0.25) is 4.79 Å². The molecule has 26 heavy (non-hydrogen) atoms. The fraction of sp³-hybridized carbons (Fsp3) is 0.316. The summed E-state index contributed by atoms with van der Waals surface area (Å²) in [6.07, 6.45) is -4.55. The topological polar surface area (TPSA) is 58.6 Å². The van der Waals surface area contributed by atoms with E-state index in [1.165, 1.54) is 19.2 Å². The molecule has 1 atom stereocenters. The highest BCUT2D eigenvalue weighted by atomic mass is 19.4. The molecular weight excluding hydrogens is 347 g/mol. The number of nitrogens with one attached hydrogen (secondary N) is 1. The predicted molar refractivity (Wildman–Crippen MR) is 90.6 cm³/mol. The van der Waals surface area contributed by atoms with Gasteiger partial charge in [-0.15, -0.1) is 0 Å². The van der Waals surface area contributed by atoms with Crippen molar-refractivity contribution < 1.29 is 27.8 Å². The Labute approximate surface area is 149 Å². The Bertz CT molecular complexity index is 759. The first-order valence-corrected chi connectivity index (χ1v) is 8.02. The van der Waals surface area contributed by atoms with Gasteiger partial charge in [0, 0.05) is 17.7 Å². The maximum absolute atomic E-state index is 13.6. The molecule has 0 saturated carbocycles. The SMILES string of the molecule is CCc1ccc(C(O)(C(=O)NCc2ccccc2OC)C(F)(F)F)cc1. The number of benzene rings is 2. The maximum Gasteiger partial charge on any atom is 0.430 e. The number of aryl methyl sites for hydroxylation is 1. The van der Waals surface area contributed by atoms with Crippen LogP contribution in [0.3, 0.4) is 0 Å². The molecule has 0 aliphatic carbocycles. The summed E-state index contributed by atoms with van der Waals surface area (Å²) in [6.45, 7) is 1.64. The minimum Gasteiger partial charge on any atom is -0.496 e. The second-order valence-corrected chi connectivity index (χ2v) is 5.75. The quantitative estimate of drug-likeness (QED) is 0.824. The summed E-state index contributed by atoms with van der Waals surface area (Å²) in [6, 6.07) is 11.8. The highest BCUT2D eigenvalue weighted by Crippen LogP contribution is 2.39. The highest BCUT2D eigenvalue weighted by molar-refractivity contribution is 5.87. The molecule has 140 valence electrons. The van der Waals surface area contributed by atoms with Crippen molar-refractivity contribution in [2.75, 3.05) is 7.11 Å². The van der Waals surface area contributed by atoms with Gasteiger partial charge in [0.15, 0.2) is 0 Å². The van der Waals surface area contributed by atoms with Crippen LogP contribution in [0.1, 0.15) is 23.6 Å². The van der Waals surface area contributed by atoms with E-state index in [0.29, 0.717) is 17.7 Å². The number of methoxy groups -OCH3 is 1. The Hall–Kier alpha value is -2.54. The van der Waals surface area contributed by atoms with Gasteiger partial charge in [-0.05, 0) is 18.1 Å². The largest absolute Gasteiger partial charge is 0.496 e. The fourth-order valence-corrected chi connectivity index (χ4v) is 2.56. The molecular formula is C19H20F3NO3. The Morgan fingerprint density at radius 3 is 2.27 bits per heavy atom. The normalized spacial score (nSPS) is 13.8. The lowest BCUT2D eigenvalue weighted by molar-refractivity contribution is -0.257. The van der Waals surface area contributed by atoms with Crippen LogP contribution in [-0.2, 0) is 23.4 Å². The average molecular weight is 367 g/mol. The van der Waals surface area contributed by atoms with Gasteiger partial charge in [-0.1, -0.05) is 49.4 Å². The molecule has 1 amide bonds. The standard InChI is InChI=1S/C19H20F3NO3/c1-3-13-8-10-15(11-9-13)18(25,19(20,21)22)17(24)23-12-14-6-4-5-7-16(14)26-2/h4-11,25H,3,12H2,1-2H3,(H,23,24). The van der Waals surface area contributed by atoms with Gasteiger partial charge in [0.25, 0.3) is 11.5 Å². The van der Waals surface area contributed by atoms with Gasteiger partial charge in [0.1, 0.15) is 5.75 Å². The fourth-order valence-electron chi connectivity index (χ4n) is 2.56. The minimum absolute atomic E-state index is 0.214. The molecule has 7 heteroatoms. The lowest BCUT2D eigenvalue weighted by Crippen LogP contribution is -2.54. The molecule has 0 bridgehead atoms. The summed E-state index contributed by atoms with van der Waals surface area (Å²) in [5, 5.41) is 12.4.